The van der Waals surface area contributed by atoms with E-state index in [1.807, 2.05) is 0 Å². The van der Waals surface area contributed by atoms with Crippen molar-refractivity contribution in [2.45, 2.75) is 45.1 Å². The van der Waals surface area contributed by atoms with Gasteiger partial charge in [-0.3, -0.25) is 0 Å². The van der Waals surface area contributed by atoms with Gasteiger partial charge in [-0.1, -0.05) is 6.92 Å². The maximum atomic E-state index is 5.99. The topological polar surface area (TPSA) is 26.0 Å². The van der Waals surface area contributed by atoms with Crippen LogP contribution in [0, 0.1) is 11.3 Å². The van der Waals surface area contributed by atoms with E-state index in [1.54, 1.807) is 0 Å². The van der Waals surface area contributed by atoms with E-state index >= 15 is 0 Å². The van der Waals surface area contributed by atoms with E-state index in [9.17, 15) is 0 Å². The second-order valence-electron chi connectivity index (χ2n) is 4.38. The van der Waals surface area contributed by atoms with Crippen molar-refractivity contribution in [1.29, 1.82) is 0 Å². The van der Waals surface area contributed by atoms with Gasteiger partial charge >= 0.3 is 0 Å². The van der Waals surface area contributed by atoms with Gasteiger partial charge in [0.1, 0.15) is 0 Å². The van der Waals surface area contributed by atoms with E-state index in [4.69, 9.17) is 5.73 Å². The molecular weight excluding hydrogens is 122 g/mol. The highest BCUT2D eigenvalue weighted by atomic mass is 14.7. The fourth-order valence-electron chi connectivity index (χ4n) is 2.18. The molecule has 2 aliphatic rings. The van der Waals surface area contributed by atoms with E-state index < -0.39 is 0 Å². The van der Waals surface area contributed by atoms with Crippen LogP contribution in [0.15, 0.2) is 0 Å². The molecule has 2 aliphatic carbocycles. The van der Waals surface area contributed by atoms with Crippen LogP contribution in [-0.2, 0) is 0 Å². The molecule has 0 aliphatic heterocycles. The Bertz CT molecular complexity index is 138. The molecule has 0 radical (unpaired) electrons. The minimum Gasteiger partial charge on any atom is -0.327 e. The van der Waals surface area contributed by atoms with Crippen molar-refractivity contribution < 1.29 is 0 Å². The molecule has 1 heteroatoms. The fourth-order valence-corrected chi connectivity index (χ4v) is 2.18. The summed E-state index contributed by atoms with van der Waals surface area (Å²) in [7, 11) is 0. The zero-order chi connectivity index (χ0) is 7.19. The third kappa shape index (κ3) is 0.968. The molecule has 0 heterocycles. The Labute approximate surface area is 63.0 Å². The molecule has 2 N–H and O–H groups in total. The van der Waals surface area contributed by atoms with Crippen LogP contribution in [0.2, 0.25) is 0 Å². The van der Waals surface area contributed by atoms with Crippen molar-refractivity contribution in [3.63, 3.8) is 0 Å². The standard InChI is InChI=1S/C9H17N/c1-7-2-3-9(4-5-9)6-8(7)10/h7-8H,2-6,10H2,1H3/t7-,8+/m0/s1. The van der Waals surface area contributed by atoms with Crippen LogP contribution in [0.3, 0.4) is 0 Å². The van der Waals surface area contributed by atoms with Gasteiger partial charge in [0.25, 0.3) is 0 Å². The van der Waals surface area contributed by atoms with Gasteiger partial charge in [-0.25, -0.2) is 0 Å². The van der Waals surface area contributed by atoms with Gasteiger partial charge in [-0.15, -0.1) is 0 Å². The summed E-state index contributed by atoms with van der Waals surface area (Å²) in [5.41, 5.74) is 6.75. The highest BCUT2D eigenvalue weighted by Crippen LogP contribution is 2.56. The molecule has 2 saturated carbocycles. The lowest BCUT2D eigenvalue weighted by Crippen LogP contribution is -2.35. The van der Waals surface area contributed by atoms with Crippen molar-refractivity contribution in [3.05, 3.63) is 0 Å². The molecule has 0 aromatic heterocycles. The molecule has 0 aromatic carbocycles. The molecule has 58 valence electrons. The summed E-state index contributed by atoms with van der Waals surface area (Å²) < 4.78 is 0. The zero-order valence-corrected chi connectivity index (χ0v) is 6.77. The number of hydrogen-bond donors (Lipinski definition) is 1. The monoisotopic (exact) mass is 139 g/mol. The molecule has 0 amide bonds. The number of hydrogen-bond acceptors (Lipinski definition) is 1. The first-order valence-corrected chi connectivity index (χ1v) is 4.47. The Morgan fingerprint density at radius 3 is 2.50 bits per heavy atom. The summed E-state index contributed by atoms with van der Waals surface area (Å²) in [5.74, 6) is 0.784. The van der Waals surface area contributed by atoms with Crippen LogP contribution in [0.4, 0.5) is 0 Å². The minimum atomic E-state index is 0.510. The van der Waals surface area contributed by atoms with E-state index in [0.29, 0.717) is 6.04 Å². The Morgan fingerprint density at radius 1 is 1.30 bits per heavy atom. The molecule has 0 bridgehead atoms. The first kappa shape index (κ1) is 6.66. The molecule has 1 nitrogen and oxygen atoms in total. The van der Waals surface area contributed by atoms with Crippen molar-refractivity contribution in [1.82, 2.24) is 0 Å². The average Bonchev–Trinajstić information content (AvgIpc) is 2.62. The molecule has 1 spiro atoms. The van der Waals surface area contributed by atoms with Crippen LogP contribution < -0.4 is 5.73 Å². The van der Waals surface area contributed by atoms with Crippen molar-refractivity contribution in [2.24, 2.45) is 17.1 Å². The maximum absolute atomic E-state index is 5.99. The van der Waals surface area contributed by atoms with Gasteiger partial charge in [0.2, 0.25) is 0 Å². The number of nitrogens with two attached hydrogens (primary N) is 1. The molecule has 0 unspecified atom stereocenters. The third-order valence-corrected chi connectivity index (χ3v) is 3.49. The highest BCUT2D eigenvalue weighted by Gasteiger charge is 2.46. The lowest BCUT2D eigenvalue weighted by Gasteiger charge is -2.31. The van der Waals surface area contributed by atoms with E-state index in [1.165, 1.54) is 32.1 Å². The zero-order valence-electron chi connectivity index (χ0n) is 6.77. The lowest BCUT2D eigenvalue weighted by atomic mass is 9.77. The van der Waals surface area contributed by atoms with E-state index in [-0.39, 0.29) is 0 Å². The molecule has 2 atom stereocenters. The van der Waals surface area contributed by atoms with Gasteiger partial charge in [0.15, 0.2) is 0 Å². The van der Waals surface area contributed by atoms with E-state index in [0.717, 1.165) is 11.3 Å². The number of rotatable bonds is 0. The Balaban J connectivity index is 1.98. The van der Waals surface area contributed by atoms with Crippen LogP contribution in [-0.4, -0.2) is 6.04 Å². The molecule has 10 heavy (non-hydrogen) atoms. The van der Waals surface area contributed by atoms with Crippen LogP contribution in [0.1, 0.15) is 39.0 Å². The fraction of sp³-hybridized carbons (Fsp3) is 1.00. The average molecular weight is 139 g/mol. The van der Waals surface area contributed by atoms with Crippen LogP contribution in [0.5, 0.6) is 0 Å². The maximum Gasteiger partial charge on any atom is 0.00698 e. The summed E-state index contributed by atoms with van der Waals surface area (Å²) in [6.45, 7) is 2.29. The summed E-state index contributed by atoms with van der Waals surface area (Å²) in [4.78, 5) is 0. The second-order valence-corrected chi connectivity index (χ2v) is 4.38. The molecular formula is C9H17N. The van der Waals surface area contributed by atoms with Gasteiger partial charge in [0, 0.05) is 6.04 Å². The van der Waals surface area contributed by atoms with Crippen molar-refractivity contribution in [3.8, 4) is 0 Å². The SMILES string of the molecule is C[C@H]1CCC2(CC2)C[C@H]1N. The lowest BCUT2D eigenvalue weighted by molar-refractivity contribution is 0.235. The summed E-state index contributed by atoms with van der Waals surface area (Å²) in [6.07, 6.45) is 7.08. The molecule has 2 fully saturated rings. The smallest absolute Gasteiger partial charge is 0.00698 e. The van der Waals surface area contributed by atoms with Crippen LogP contribution >= 0.6 is 0 Å². The predicted molar refractivity (Wildman–Crippen MR) is 42.7 cm³/mol. The van der Waals surface area contributed by atoms with Gasteiger partial charge < -0.3 is 5.73 Å². The van der Waals surface area contributed by atoms with Crippen molar-refractivity contribution >= 4 is 0 Å². The van der Waals surface area contributed by atoms with Crippen LogP contribution in [0.25, 0.3) is 0 Å². The first-order valence-electron chi connectivity index (χ1n) is 4.47. The Kier molecular flexibility index (Phi) is 1.31. The van der Waals surface area contributed by atoms with Crippen molar-refractivity contribution in [2.75, 3.05) is 0 Å². The predicted octanol–water partition coefficient (Wildman–Crippen LogP) is 1.91. The second kappa shape index (κ2) is 1.97. The quantitative estimate of drug-likeness (QED) is 0.545. The normalized spacial score (nSPS) is 43.8. The molecule has 0 aromatic rings. The highest BCUT2D eigenvalue weighted by molar-refractivity contribution is 4.99. The molecule has 2 rings (SSSR count). The van der Waals surface area contributed by atoms with Gasteiger partial charge in [-0.2, -0.15) is 0 Å². The Hall–Kier alpha value is -0.0400. The first-order chi connectivity index (χ1) is 4.72. The largest absolute Gasteiger partial charge is 0.327 e. The van der Waals surface area contributed by atoms with E-state index in [2.05, 4.69) is 6.92 Å². The Morgan fingerprint density at radius 2 is 2.00 bits per heavy atom. The minimum absolute atomic E-state index is 0.510. The summed E-state index contributed by atoms with van der Waals surface area (Å²) in [5, 5.41) is 0. The third-order valence-electron chi connectivity index (χ3n) is 3.49. The van der Waals surface area contributed by atoms with Gasteiger partial charge in [0.05, 0.1) is 0 Å². The summed E-state index contributed by atoms with van der Waals surface area (Å²) in [6, 6.07) is 0.510. The summed E-state index contributed by atoms with van der Waals surface area (Å²) >= 11 is 0. The van der Waals surface area contributed by atoms with Gasteiger partial charge in [-0.05, 0) is 43.4 Å². The molecule has 0 saturated heterocycles.